The molecule has 0 aliphatic rings. The van der Waals surface area contributed by atoms with Crippen molar-refractivity contribution in [1.82, 2.24) is 15.2 Å². The van der Waals surface area contributed by atoms with E-state index in [4.69, 9.17) is 16.3 Å². The zero-order valence-corrected chi connectivity index (χ0v) is 9.52. The average molecular weight is 241 g/mol. The third-order valence-corrected chi connectivity index (χ3v) is 2.17. The van der Waals surface area contributed by atoms with Crippen LogP contribution in [0.5, 0.6) is 6.01 Å². The van der Waals surface area contributed by atoms with Crippen LogP contribution in [-0.2, 0) is 0 Å². The third-order valence-electron chi connectivity index (χ3n) is 2.17. The summed E-state index contributed by atoms with van der Waals surface area (Å²) in [6.07, 6.45) is 5.58. The second-order valence-corrected chi connectivity index (χ2v) is 3.48. The predicted molar refractivity (Wildman–Crippen MR) is 65.6 cm³/mol. The Kier molecular flexibility index (Phi) is 3.84. The molecule has 2 aromatic rings. The van der Waals surface area contributed by atoms with Gasteiger partial charge in [0, 0.05) is 5.56 Å². The average Bonchev–Trinajstić information content (AvgIpc) is 2.46. The summed E-state index contributed by atoms with van der Waals surface area (Å²) < 4.78 is 5.14. The van der Waals surface area contributed by atoms with Gasteiger partial charge in [-0.15, -0.1) is 6.42 Å². The molecule has 0 saturated carbocycles. The fourth-order valence-corrected chi connectivity index (χ4v) is 1.30. The Balaban J connectivity index is 2.14. The summed E-state index contributed by atoms with van der Waals surface area (Å²) in [5, 5.41) is 16.7. The van der Waals surface area contributed by atoms with E-state index in [1.807, 2.05) is 30.3 Å². The Labute approximate surface area is 104 Å². The molecule has 1 atom stereocenters. The van der Waals surface area contributed by atoms with Crippen molar-refractivity contribution in [2.45, 2.75) is 6.10 Å². The summed E-state index contributed by atoms with van der Waals surface area (Å²) in [5.41, 5.74) is 1.56. The van der Waals surface area contributed by atoms with Crippen molar-refractivity contribution in [1.29, 1.82) is 0 Å². The van der Waals surface area contributed by atoms with E-state index in [0.717, 1.165) is 5.56 Å². The van der Waals surface area contributed by atoms with E-state index in [1.165, 1.54) is 0 Å². The molecule has 1 unspecified atom stereocenters. The second kappa shape index (κ2) is 5.75. The van der Waals surface area contributed by atoms with Gasteiger partial charge in [0.2, 0.25) is 0 Å². The van der Waals surface area contributed by atoms with Gasteiger partial charge in [-0.1, -0.05) is 41.4 Å². The Hall–Kier alpha value is -2.45. The van der Waals surface area contributed by atoms with Gasteiger partial charge in [0.15, 0.2) is 0 Å². The first-order chi connectivity index (χ1) is 8.79. The van der Waals surface area contributed by atoms with Crippen LogP contribution in [-0.4, -0.2) is 33.0 Å². The lowest BCUT2D eigenvalue weighted by Gasteiger charge is -2.06. The zero-order chi connectivity index (χ0) is 12.8. The number of aliphatic hydroxyl groups is 1. The highest BCUT2D eigenvalue weighted by Gasteiger charge is 2.06. The van der Waals surface area contributed by atoms with Crippen LogP contribution in [0.15, 0.2) is 36.5 Å². The molecule has 0 fully saturated rings. The van der Waals surface area contributed by atoms with Crippen molar-refractivity contribution >= 4 is 0 Å². The molecule has 5 nitrogen and oxygen atoms in total. The van der Waals surface area contributed by atoms with Crippen LogP contribution in [0.25, 0.3) is 11.3 Å². The summed E-state index contributed by atoms with van der Waals surface area (Å²) in [6.45, 7) is -0.0591. The largest absolute Gasteiger partial charge is 0.459 e. The molecular weight excluding hydrogens is 230 g/mol. The summed E-state index contributed by atoms with van der Waals surface area (Å²) in [5.74, 6) is 2.14. The highest BCUT2D eigenvalue weighted by Crippen LogP contribution is 2.16. The van der Waals surface area contributed by atoms with Crippen molar-refractivity contribution in [3.8, 4) is 29.6 Å². The van der Waals surface area contributed by atoms with Gasteiger partial charge >= 0.3 is 6.01 Å². The fourth-order valence-electron chi connectivity index (χ4n) is 1.30. The van der Waals surface area contributed by atoms with E-state index in [0.29, 0.717) is 5.69 Å². The lowest BCUT2D eigenvalue weighted by atomic mass is 10.2. The number of hydrogen-bond donors (Lipinski definition) is 1. The molecule has 1 N–H and O–H groups in total. The monoisotopic (exact) mass is 241 g/mol. The lowest BCUT2D eigenvalue weighted by molar-refractivity contribution is 0.143. The first-order valence-electron chi connectivity index (χ1n) is 5.31. The van der Waals surface area contributed by atoms with E-state index >= 15 is 0 Å². The van der Waals surface area contributed by atoms with Gasteiger partial charge < -0.3 is 9.84 Å². The van der Waals surface area contributed by atoms with Gasteiger partial charge in [-0.2, -0.15) is 10.1 Å². The normalized spacial score (nSPS) is 11.6. The number of nitrogens with zero attached hydrogens (tertiary/aromatic N) is 3. The van der Waals surface area contributed by atoms with Crippen LogP contribution in [0.4, 0.5) is 0 Å². The third kappa shape index (κ3) is 3.03. The maximum absolute atomic E-state index is 9.17. The standard InChI is InChI=1S/C13H11N3O2/c1-2-11(17)9-18-13-15-12(8-14-16-13)10-6-4-3-5-7-10/h1,3-8,11,17H,9H2. The molecule has 0 aliphatic carbocycles. The minimum atomic E-state index is -0.978. The molecule has 0 saturated heterocycles. The van der Waals surface area contributed by atoms with Crippen molar-refractivity contribution in [3.63, 3.8) is 0 Å². The van der Waals surface area contributed by atoms with Gasteiger partial charge in [-0.3, -0.25) is 0 Å². The molecule has 90 valence electrons. The predicted octanol–water partition coefficient (Wildman–Crippen LogP) is 0.911. The molecule has 5 heteroatoms. The zero-order valence-electron chi connectivity index (χ0n) is 9.52. The number of benzene rings is 1. The SMILES string of the molecule is C#CC(O)COc1nncc(-c2ccccc2)n1. The van der Waals surface area contributed by atoms with E-state index in [2.05, 4.69) is 21.1 Å². The van der Waals surface area contributed by atoms with E-state index in [9.17, 15) is 0 Å². The van der Waals surface area contributed by atoms with Crippen molar-refractivity contribution in [2.24, 2.45) is 0 Å². The molecule has 18 heavy (non-hydrogen) atoms. The molecule has 1 heterocycles. The number of ether oxygens (including phenoxy) is 1. The number of rotatable bonds is 4. The van der Waals surface area contributed by atoms with Crippen LogP contribution < -0.4 is 4.74 Å². The van der Waals surface area contributed by atoms with Gasteiger partial charge in [-0.25, -0.2) is 0 Å². The molecule has 1 aromatic heterocycles. The molecule has 0 amide bonds. The molecule has 1 aromatic carbocycles. The molecular formula is C13H11N3O2. The van der Waals surface area contributed by atoms with Gasteiger partial charge in [0.1, 0.15) is 12.7 Å². The van der Waals surface area contributed by atoms with Crippen molar-refractivity contribution < 1.29 is 9.84 Å². The smallest absolute Gasteiger partial charge is 0.336 e. The topological polar surface area (TPSA) is 68.1 Å². The molecule has 0 radical (unpaired) electrons. The lowest BCUT2D eigenvalue weighted by Crippen LogP contribution is -2.16. The van der Waals surface area contributed by atoms with Gasteiger partial charge in [0.05, 0.1) is 11.9 Å². The minimum absolute atomic E-state index is 0.0591. The van der Waals surface area contributed by atoms with E-state index < -0.39 is 6.10 Å². The summed E-state index contributed by atoms with van der Waals surface area (Å²) in [4.78, 5) is 4.17. The van der Waals surface area contributed by atoms with Crippen molar-refractivity contribution in [2.75, 3.05) is 6.61 Å². The van der Waals surface area contributed by atoms with Gasteiger partial charge in [-0.05, 0) is 0 Å². The summed E-state index contributed by atoms with van der Waals surface area (Å²) in [7, 11) is 0. The Morgan fingerprint density at radius 2 is 2.11 bits per heavy atom. The first kappa shape index (κ1) is 12.0. The molecule has 0 spiro atoms. The van der Waals surface area contributed by atoms with Crippen molar-refractivity contribution in [3.05, 3.63) is 36.5 Å². The number of aromatic nitrogens is 3. The minimum Gasteiger partial charge on any atom is -0.459 e. The quantitative estimate of drug-likeness (QED) is 0.806. The van der Waals surface area contributed by atoms with Crippen LogP contribution >= 0.6 is 0 Å². The van der Waals surface area contributed by atoms with E-state index in [-0.39, 0.29) is 12.6 Å². The Morgan fingerprint density at radius 3 is 2.83 bits per heavy atom. The fraction of sp³-hybridized carbons (Fsp3) is 0.154. The summed E-state index contributed by atoms with van der Waals surface area (Å²) >= 11 is 0. The number of terminal acetylenes is 1. The highest BCUT2D eigenvalue weighted by atomic mass is 16.5. The summed E-state index contributed by atoms with van der Waals surface area (Å²) in [6, 6.07) is 9.62. The molecule has 2 rings (SSSR count). The highest BCUT2D eigenvalue weighted by molar-refractivity contribution is 5.57. The molecule has 0 bridgehead atoms. The van der Waals surface area contributed by atoms with Crippen LogP contribution in [0.1, 0.15) is 0 Å². The second-order valence-electron chi connectivity index (χ2n) is 3.48. The van der Waals surface area contributed by atoms with Crippen LogP contribution in [0, 0.1) is 12.3 Å². The Bertz CT molecular complexity index is 552. The van der Waals surface area contributed by atoms with E-state index in [1.54, 1.807) is 6.20 Å². The molecule has 0 aliphatic heterocycles. The Morgan fingerprint density at radius 1 is 1.33 bits per heavy atom. The number of hydrogen-bond acceptors (Lipinski definition) is 5. The number of aliphatic hydroxyl groups excluding tert-OH is 1. The van der Waals surface area contributed by atoms with Crippen LogP contribution in [0.2, 0.25) is 0 Å². The van der Waals surface area contributed by atoms with Crippen LogP contribution in [0.3, 0.4) is 0 Å². The maximum Gasteiger partial charge on any atom is 0.336 e. The maximum atomic E-state index is 9.17. The first-order valence-corrected chi connectivity index (χ1v) is 5.31. The van der Waals surface area contributed by atoms with Gasteiger partial charge in [0.25, 0.3) is 0 Å².